The van der Waals surface area contributed by atoms with Crippen molar-refractivity contribution in [3.8, 4) is 0 Å². The first-order valence-corrected chi connectivity index (χ1v) is 9.40. The first-order valence-electron chi connectivity index (χ1n) is 9.40. The van der Waals surface area contributed by atoms with E-state index in [-0.39, 0.29) is 17.3 Å². The van der Waals surface area contributed by atoms with Crippen molar-refractivity contribution >= 4 is 22.2 Å². The molecule has 2 N–H and O–H groups in total. The first kappa shape index (κ1) is 16.0. The van der Waals surface area contributed by atoms with Crippen molar-refractivity contribution in [3.63, 3.8) is 0 Å². The van der Waals surface area contributed by atoms with E-state index in [1.165, 1.54) is 0 Å². The molecular formula is C18H24N6O2. The third kappa shape index (κ3) is 2.12. The Hall–Kier alpha value is -2.19. The van der Waals surface area contributed by atoms with Crippen molar-refractivity contribution in [2.24, 2.45) is 5.92 Å². The van der Waals surface area contributed by atoms with Crippen molar-refractivity contribution in [3.05, 3.63) is 22.7 Å². The van der Waals surface area contributed by atoms with E-state index in [4.69, 9.17) is 4.74 Å². The molecule has 26 heavy (non-hydrogen) atoms. The van der Waals surface area contributed by atoms with Gasteiger partial charge >= 0.3 is 5.69 Å². The molecule has 3 aromatic heterocycles. The molecule has 0 aromatic carbocycles. The van der Waals surface area contributed by atoms with Crippen LogP contribution in [0.5, 0.6) is 0 Å². The Morgan fingerprint density at radius 2 is 2.15 bits per heavy atom. The van der Waals surface area contributed by atoms with Crippen molar-refractivity contribution in [2.45, 2.75) is 38.3 Å². The van der Waals surface area contributed by atoms with Crippen LogP contribution in [-0.2, 0) is 4.74 Å². The summed E-state index contributed by atoms with van der Waals surface area (Å²) in [6, 6.07) is 2.07. The number of likely N-dealkylation sites (tertiary alicyclic amines) is 1. The lowest BCUT2D eigenvalue weighted by Gasteiger charge is -2.53. The molecule has 2 aliphatic rings. The van der Waals surface area contributed by atoms with E-state index < -0.39 is 0 Å². The highest BCUT2D eigenvalue weighted by Gasteiger charge is 2.45. The first-order chi connectivity index (χ1) is 12.6. The van der Waals surface area contributed by atoms with Gasteiger partial charge in [0.2, 0.25) is 0 Å². The molecule has 2 aliphatic heterocycles. The molecule has 5 rings (SSSR count). The van der Waals surface area contributed by atoms with E-state index in [9.17, 15) is 4.79 Å². The summed E-state index contributed by atoms with van der Waals surface area (Å²) in [5, 5.41) is 9.30. The molecule has 5 heterocycles. The molecule has 2 fully saturated rings. The molecule has 2 atom stereocenters. The Kier molecular flexibility index (Phi) is 3.48. The lowest BCUT2D eigenvalue weighted by Crippen LogP contribution is -2.64. The monoisotopic (exact) mass is 356 g/mol. The van der Waals surface area contributed by atoms with Crippen LogP contribution < -0.4 is 5.69 Å². The van der Waals surface area contributed by atoms with Gasteiger partial charge in [0.05, 0.1) is 24.8 Å². The number of piperidine rings is 1. The molecule has 0 bridgehead atoms. The lowest BCUT2D eigenvalue weighted by atomic mass is 9.85. The zero-order valence-electron chi connectivity index (χ0n) is 15.2. The highest BCUT2D eigenvalue weighted by molar-refractivity contribution is 5.99. The molecule has 8 heteroatoms. The SMILES string of the molecule is CCC1(N2CCC(C)C(n3c(=O)[nH]c4nnc5[nH]ccc5c43)C2)COC1. The molecule has 3 aromatic rings. The summed E-state index contributed by atoms with van der Waals surface area (Å²) < 4.78 is 7.45. The lowest BCUT2D eigenvalue weighted by molar-refractivity contribution is -0.154. The Morgan fingerprint density at radius 3 is 2.88 bits per heavy atom. The Balaban J connectivity index is 1.63. The number of hydrogen-bond donors (Lipinski definition) is 2. The quantitative estimate of drug-likeness (QED) is 0.745. The van der Waals surface area contributed by atoms with Gasteiger partial charge in [0.1, 0.15) is 5.52 Å². The zero-order valence-corrected chi connectivity index (χ0v) is 15.2. The van der Waals surface area contributed by atoms with Crippen LogP contribution in [0.3, 0.4) is 0 Å². The van der Waals surface area contributed by atoms with Crippen molar-refractivity contribution in [1.29, 1.82) is 0 Å². The number of nitrogens with one attached hydrogen (secondary N) is 2. The van der Waals surface area contributed by atoms with E-state index in [0.29, 0.717) is 17.2 Å². The Morgan fingerprint density at radius 1 is 1.35 bits per heavy atom. The largest absolute Gasteiger partial charge is 0.377 e. The van der Waals surface area contributed by atoms with Gasteiger partial charge in [-0.25, -0.2) is 4.79 Å². The van der Waals surface area contributed by atoms with Gasteiger partial charge in [-0.2, -0.15) is 0 Å². The maximum absolute atomic E-state index is 12.8. The number of aromatic nitrogens is 5. The maximum atomic E-state index is 12.8. The predicted molar refractivity (Wildman–Crippen MR) is 98.2 cm³/mol. The van der Waals surface area contributed by atoms with Crippen LogP contribution >= 0.6 is 0 Å². The fourth-order valence-corrected chi connectivity index (χ4v) is 4.58. The molecule has 2 unspecified atom stereocenters. The fraction of sp³-hybridized carbons (Fsp3) is 0.611. The number of hydrogen-bond acceptors (Lipinski definition) is 5. The van der Waals surface area contributed by atoms with Crippen LogP contribution in [0.2, 0.25) is 0 Å². The van der Waals surface area contributed by atoms with E-state index in [1.807, 2.05) is 16.8 Å². The Bertz CT molecular complexity index is 1010. The van der Waals surface area contributed by atoms with Crippen LogP contribution in [0.15, 0.2) is 17.1 Å². The zero-order chi connectivity index (χ0) is 17.9. The summed E-state index contributed by atoms with van der Waals surface area (Å²) >= 11 is 0. The maximum Gasteiger partial charge on any atom is 0.328 e. The van der Waals surface area contributed by atoms with Gasteiger partial charge in [-0.3, -0.25) is 14.5 Å². The minimum absolute atomic E-state index is 0.0999. The van der Waals surface area contributed by atoms with Crippen molar-refractivity contribution in [1.82, 2.24) is 29.6 Å². The molecule has 0 radical (unpaired) electrons. The summed E-state index contributed by atoms with van der Waals surface area (Å²) in [7, 11) is 0. The normalized spacial score (nSPS) is 26.4. The average Bonchev–Trinajstić information content (AvgIpc) is 3.19. The highest BCUT2D eigenvalue weighted by atomic mass is 16.5. The summed E-state index contributed by atoms with van der Waals surface area (Å²) in [6.07, 6.45) is 3.99. The van der Waals surface area contributed by atoms with Gasteiger partial charge in [-0.15, -0.1) is 10.2 Å². The summed E-state index contributed by atoms with van der Waals surface area (Å²) in [6.45, 7) is 7.98. The third-order valence-electron chi connectivity index (χ3n) is 6.46. The number of rotatable bonds is 3. The van der Waals surface area contributed by atoms with E-state index >= 15 is 0 Å². The van der Waals surface area contributed by atoms with Gasteiger partial charge < -0.3 is 9.72 Å². The fourth-order valence-electron chi connectivity index (χ4n) is 4.58. The third-order valence-corrected chi connectivity index (χ3v) is 6.46. The molecule has 0 spiro atoms. The number of imidazole rings is 1. The molecule has 0 amide bonds. The summed E-state index contributed by atoms with van der Waals surface area (Å²) in [4.78, 5) is 21.4. The number of fused-ring (bicyclic) bond motifs is 3. The number of nitrogens with zero attached hydrogens (tertiary/aromatic N) is 4. The summed E-state index contributed by atoms with van der Waals surface area (Å²) in [5.41, 5.74) is 2.16. The van der Waals surface area contributed by atoms with E-state index in [1.54, 1.807) is 0 Å². The second-order valence-electron chi connectivity index (χ2n) is 7.79. The Labute approximate surface area is 150 Å². The van der Waals surface area contributed by atoms with Crippen molar-refractivity contribution in [2.75, 3.05) is 26.3 Å². The average molecular weight is 356 g/mol. The van der Waals surface area contributed by atoms with Crippen LogP contribution in [-0.4, -0.2) is 61.5 Å². The van der Waals surface area contributed by atoms with Gasteiger partial charge in [-0.05, 0) is 31.4 Å². The topological polar surface area (TPSA) is 91.8 Å². The molecule has 0 aliphatic carbocycles. The second kappa shape index (κ2) is 5.65. The van der Waals surface area contributed by atoms with Crippen LogP contribution in [0.25, 0.3) is 22.2 Å². The predicted octanol–water partition coefficient (Wildman–Crippen LogP) is 1.66. The molecule has 0 saturated carbocycles. The van der Waals surface area contributed by atoms with E-state index in [0.717, 1.165) is 50.0 Å². The van der Waals surface area contributed by atoms with Crippen molar-refractivity contribution < 1.29 is 4.74 Å². The van der Waals surface area contributed by atoms with Gasteiger partial charge in [-0.1, -0.05) is 13.8 Å². The molecular weight excluding hydrogens is 332 g/mol. The number of aromatic amines is 2. The van der Waals surface area contributed by atoms with Crippen LogP contribution in [0.1, 0.15) is 32.7 Å². The molecule has 2 saturated heterocycles. The summed E-state index contributed by atoms with van der Waals surface area (Å²) in [5.74, 6) is 0.417. The van der Waals surface area contributed by atoms with E-state index in [2.05, 4.69) is 38.9 Å². The standard InChI is InChI=1S/C18H24N6O2/c1-3-18(9-26-10-18)23-7-5-11(2)13(8-23)24-14-12-4-6-19-15(12)21-22-16(14)20-17(24)25/h4,6,11,13H,3,5,7-10H2,1-2H3,(H,19,21)(H,20,22,25). The smallest absolute Gasteiger partial charge is 0.328 e. The highest BCUT2D eigenvalue weighted by Crippen LogP contribution is 2.37. The molecule has 8 nitrogen and oxygen atoms in total. The van der Waals surface area contributed by atoms with Crippen LogP contribution in [0, 0.1) is 5.92 Å². The minimum Gasteiger partial charge on any atom is -0.377 e. The van der Waals surface area contributed by atoms with Crippen LogP contribution in [0.4, 0.5) is 0 Å². The number of H-pyrrole nitrogens is 2. The minimum atomic E-state index is -0.0999. The van der Waals surface area contributed by atoms with Gasteiger partial charge in [0.25, 0.3) is 0 Å². The number of ether oxygens (including phenoxy) is 1. The molecule has 138 valence electrons. The second-order valence-corrected chi connectivity index (χ2v) is 7.79. The van der Waals surface area contributed by atoms with Gasteiger partial charge in [0.15, 0.2) is 11.3 Å². The van der Waals surface area contributed by atoms with Gasteiger partial charge in [0, 0.05) is 18.1 Å².